The average Bonchev–Trinajstić information content (AvgIpc) is 3.31. The zero-order chi connectivity index (χ0) is 18.1. The zero-order valence-electron chi connectivity index (χ0n) is 13.9. The standard InChI is InChI=1S/C20H17F3N2O/c21-20(22,23)16-6-8-17(9-7-16)24-11-10-15(14-24)19-25(12-13-26-19)18-4-2-1-3-5-18/h1-11,14,19H,12-13H2/t19-/m0/s1. The predicted molar refractivity (Wildman–Crippen MR) is 93.3 cm³/mol. The lowest BCUT2D eigenvalue weighted by molar-refractivity contribution is -0.137. The Kier molecular flexibility index (Phi) is 4.20. The van der Waals surface area contributed by atoms with Crippen LogP contribution in [0.3, 0.4) is 0 Å². The van der Waals surface area contributed by atoms with Crippen LogP contribution in [0.15, 0.2) is 73.1 Å². The molecular formula is C20H17F3N2O. The molecule has 0 spiro atoms. The first kappa shape index (κ1) is 16.7. The first-order valence-electron chi connectivity index (χ1n) is 8.31. The first-order valence-corrected chi connectivity index (χ1v) is 8.31. The fourth-order valence-corrected chi connectivity index (χ4v) is 3.17. The SMILES string of the molecule is FC(F)(F)c1ccc(-n2ccc([C@@H]3OCCN3c3ccccc3)c2)cc1. The Labute approximate surface area is 149 Å². The van der Waals surface area contributed by atoms with Gasteiger partial charge in [0.15, 0.2) is 6.23 Å². The number of benzene rings is 2. The van der Waals surface area contributed by atoms with Crippen molar-refractivity contribution in [1.29, 1.82) is 0 Å². The monoisotopic (exact) mass is 358 g/mol. The van der Waals surface area contributed by atoms with E-state index in [2.05, 4.69) is 4.90 Å². The Morgan fingerprint density at radius 2 is 1.62 bits per heavy atom. The number of aromatic nitrogens is 1. The molecule has 2 heterocycles. The van der Waals surface area contributed by atoms with Gasteiger partial charge in [-0.2, -0.15) is 13.2 Å². The van der Waals surface area contributed by atoms with Crippen LogP contribution < -0.4 is 4.90 Å². The molecule has 3 aromatic rings. The highest BCUT2D eigenvalue weighted by Gasteiger charge is 2.30. The summed E-state index contributed by atoms with van der Waals surface area (Å²) in [6.07, 6.45) is -0.793. The number of ether oxygens (including phenoxy) is 1. The number of para-hydroxylation sites is 1. The van der Waals surface area contributed by atoms with E-state index in [1.165, 1.54) is 12.1 Å². The van der Waals surface area contributed by atoms with Gasteiger partial charge in [0.25, 0.3) is 0 Å². The molecule has 0 radical (unpaired) electrons. The quantitative estimate of drug-likeness (QED) is 0.653. The van der Waals surface area contributed by atoms with Crippen LogP contribution in [0.2, 0.25) is 0 Å². The highest BCUT2D eigenvalue weighted by molar-refractivity contribution is 5.49. The van der Waals surface area contributed by atoms with E-state index in [0.29, 0.717) is 12.3 Å². The molecule has 26 heavy (non-hydrogen) atoms. The molecule has 1 aromatic heterocycles. The lowest BCUT2D eigenvalue weighted by Crippen LogP contribution is -2.22. The van der Waals surface area contributed by atoms with Gasteiger partial charge in [0.2, 0.25) is 0 Å². The summed E-state index contributed by atoms with van der Waals surface area (Å²) in [4.78, 5) is 2.17. The van der Waals surface area contributed by atoms with Crippen molar-refractivity contribution in [2.75, 3.05) is 18.1 Å². The van der Waals surface area contributed by atoms with Crippen molar-refractivity contribution in [1.82, 2.24) is 4.57 Å². The maximum Gasteiger partial charge on any atom is 0.416 e. The summed E-state index contributed by atoms with van der Waals surface area (Å²) < 4.78 is 45.8. The van der Waals surface area contributed by atoms with Gasteiger partial charge in [0, 0.05) is 35.9 Å². The van der Waals surface area contributed by atoms with Crippen molar-refractivity contribution in [3.63, 3.8) is 0 Å². The molecule has 0 unspecified atom stereocenters. The van der Waals surface area contributed by atoms with Gasteiger partial charge in [-0.05, 0) is 42.5 Å². The highest BCUT2D eigenvalue weighted by Crippen LogP contribution is 2.33. The minimum absolute atomic E-state index is 0.201. The normalized spacial score (nSPS) is 17.7. The third kappa shape index (κ3) is 3.20. The first-order chi connectivity index (χ1) is 12.5. The van der Waals surface area contributed by atoms with E-state index in [9.17, 15) is 13.2 Å². The molecule has 0 amide bonds. The third-order valence-electron chi connectivity index (χ3n) is 4.47. The Balaban J connectivity index is 1.58. The molecule has 4 rings (SSSR count). The van der Waals surface area contributed by atoms with Gasteiger partial charge in [-0.15, -0.1) is 0 Å². The molecule has 0 N–H and O–H groups in total. The molecule has 1 aliphatic rings. The Bertz CT molecular complexity index is 872. The maximum atomic E-state index is 12.7. The van der Waals surface area contributed by atoms with Crippen LogP contribution in [-0.4, -0.2) is 17.7 Å². The van der Waals surface area contributed by atoms with E-state index in [1.54, 1.807) is 4.57 Å². The van der Waals surface area contributed by atoms with Crippen molar-refractivity contribution in [3.8, 4) is 5.69 Å². The third-order valence-corrected chi connectivity index (χ3v) is 4.47. The predicted octanol–water partition coefficient (Wildman–Crippen LogP) is 5.03. The Morgan fingerprint density at radius 1 is 0.885 bits per heavy atom. The largest absolute Gasteiger partial charge is 0.416 e. The molecule has 6 heteroatoms. The van der Waals surface area contributed by atoms with E-state index < -0.39 is 11.7 Å². The number of alkyl halides is 3. The molecule has 0 saturated carbocycles. The van der Waals surface area contributed by atoms with E-state index in [1.807, 2.05) is 48.8 Å². The average molecular weight is 358 g/mol. The van der Waals surface area contributed by atoms with Crippen LogP contribution in [0.1, 0.15) is 17.4 Å². The molecule has 134 valence electrons. The summed E-state index contributed by atoms with van der Waals surface area (Å²) in [5.41, 5.74) is 2.07. The molecule has 1 fully saturated rings. The fourth-order valence-electron chi connectivity index (χ4n) is 3.17. The van der Waals surface area contributed by atoms with Crippen molar-refractivity contribution < 1.29 is 17.9 Å². The van der Waals surface area contributed by atoms with Gasteiger partial charge in [0.05, 0.1) is 12.2 Å². The van der Waals surface area contributed by atoms with E-state index >= 15 is 0 Å². The van der Waals surface area contributed by atoms with Gasteiger partial charge in [-0.25, -0.2) is 0 Å². The van der Waals surface area contributed by atoms with E-state index in [4.69, 9.17) is 4.74 Å². The Morgan fingerprint density at radius 3 is 2.31 bits per heavy atom. The molecule has 1 aliphatic heterocycles. The van der Waals surface area contributed by atoms with E-state index in [-0.39, 0.29) is 6.23 Å². The minimum Gasteiger partial charge on any atom is -0.352 e. The molecule has 0 bridgehead atoms. The van der Waals surface area contributed by atoms with Crippen molar-refractivity contribution in [3.05, 3.63) is 84.2 Å². The van der Waals surface area contributed by atoms with Gasteiger partial charge >= 0.3 is 6.18 Å². The number of hydrogen-bond donors (Lipinski definition) is 0. The molecule has 3 nitrogen and oxygen atoms in total. The van der Waals surface area contributed by atoms with Gasteiger partial charge in [-0.3, -0.25) is 0 Å². The van der Waals surface area contributed by atoms with Crippen LogP contribution in [0, 0.1) is 0 Å². The summed E-state index contributed by atoms with van der Waals surface area (Å²) in [5, 5.41) is 0. The van der Waals surface area contributed by atoms with Gasteiger partial charge in [0.1, 0.15) is 0 Å². The van der Waals surface area contributed by atoms with Crippen LogP contribution in [0.5, 0.6) is 0 Å². The van der Waals surface area contributed by atoms with Crippen molar-refractivity contribution >= 4 is 5.69 Å². The minimum atomic E-state index is -4.33. The number of halogens is 3. The lowest BCUT2D eigenvalue weighted by atomic mass is 10.2. The summed E-state index contributed by atoms with van der Waals surface area (Å²) >= 11 is 0. The second kappa shape index (κ2) is 6.53. The second-order valence-corrected chi connectivity index (χ2v) is 6.15. The summed E-state index contributed by atoms with van der Waals surface area (Å²) in [7, 11) is 0. The number of anilines is 1. The summed E-state index contributed by atoms with van der Waals surface area (Å²) in [6, 6.07) is 17.1. The number of hydrogen-bond acceptors (Lipinski definition) is 2. The molecule has 1 saturated heterocycles. The van der Waals surface area contributed by atoms with Crippen LogP contribution in [0.25, 0.3) is 5.69 Å². The zero-order valence-corrected chi connectivity index (χ0v) is 13.9. The van der Waals surface area contributed by atoms with Crippen LogP contribution in [-0.2, 0) is 10.9 Å². The smallest absolute Gasteiger partial charge is 0.352 e. The number of rotatable bonds is 3. The van der Waals surface area contributed by atoms with Crippen LogP contribution in [0.4, 0.5) is 18.9 Å². The second-order valence-electron chi connectivity index (χ2n) is 6.15. The van der Waals surface area contributed by atoms with Crippen molar-refractivity contribution in [2.24, 2.45) is 0 Å². The molecule has 2 aromatic carbocycles. The fraction of sp³-hybridized carbons (Fsp3) is 0.200. The Hall–Kier alpha value is -2.73. The van der Waals surface area contributed by atoms with Gasteiger partial charge in [-0.1, -0.05) is 18.2 Å². The lowest BCUT2D eigenvalue weighted by Gasteiger charge is -2.24. The molecule has 1 atom stereocenters. The topological polar surface area (TPSA) is 17.4 Å². The summed E-state index contributed by atoms with van der Waals surface area (Å²) in [5.74, 6) is 0. The van der Waals surface area contributed by atoms with Gasteiger partial charge < -0.3 is 14.2 Å². The van der Waals surface area contributed by atoms with E-state index in [0.717, 1.165) is 29.9 Å². The molecule has 0 aliphatic carbocycles. The van der Waals surface area contributed by atoms with Crippen LogP contribution >= 0.6 is 0 Å². The summed E-state index contributed by atoms with van der Waals surface area (Å²) in [6.45, 7) is 1.42. The maximum absolute atomic E-state index is 12.7. The van der Waals surface area contributed by atoms with Crippen molar-refractivity contribution in [2.45, 2.75) is 12.4 Å². The number of nitrogens with zero attached hydrogens (tertiary/aromatic N) is 2. The highest BCUT2D eigenvalue weighted by atomic mass is 19.4. The molecular weight excluding hydrogens is 341 g/mol.